The third-order valence-electron chi connectivity index (χ3n) is 4.36. The lowest BCUT2D eigenvalue weighted by atomic mass is 9.74. The second-order valence-electron chi connectivity index (χ2n) is 5.82. The zero-order valence-electron chi connectivity index (χ0n) is 12.6. The average molecular weight is 343 g/mol. The van der Waals surface area contributed by atoms with Crippen molar-refractivity contribution in [2.45, 2.75) is 12.6 Å². The van der Waals surface area contributed by atoms with Crippen LogP contribution in [0.4, 0.5) is 4.39 Å². The topological polar surface area (TPSA) is 68.7 Å². The molecular weight excluding hydrogens is 327 g/mol. The zero-order chi connectivity index (χ0) is 16.7. The Labute approximate surface area is 137 Å². The number of rotatable bonds is 3. The van der Waals surface area contributed by atoms with E-state index in [1.54, 1.807) is 6.92 Å². The predicted molar refractivity (Wildman–Crippen MR) is 78.9 cm³/mol. The summed E-state index contributed by atoms with van der Waals surface area (Å²) in [7, 11) is 0. The number of carbonyl (C=O) groups excluding carboxylic acids is 2. The highest BCUT2D eigenvalue weighted by molar-refractivity contribution is 6.29. The van der Waals surface area contributed by atoms with Crippen LogP contribution in [0.3, 0.4) is 0 Å². The Morgan fingerprint density at radius 3 is 2.78 bits per heavy atom. The summed E-state index contributed by atoms with van der Waals surface area (Å²) < 4.78 is 25.4. The molecule has 0 aromatic carbocycles. The number of ether oxygens (including phenoxy) is 2. The van der Waals surface area contributed by atoms with E-state index >= 15 is 4.39 Å². The van der Waals surface area contributed by atoms with Crippen molar-refractivity contribution in [2.24, 2.45) is 5.41 Å². The van der Waals surface area contributed by atoms with Gasteiger partial charge in [-0.25, -0.2) is 14.2 Å². The van der Waals surface area contributed by atoms with Gasteiger partial charge in [0.25, 0.3) is 5.91 Å². The predicted octanol–water partition coefficient (Wildman–Crippen LogP) is 1.48. The fraction of sp³-hybridized carbons (Fsp3) is 0.533. The molecule has 1 atom stereocenters. The quantitative estimate of drug-likeness (QED) is 0.615. The first-order chi connectivity index (χ1) is 10.9. The molecule has 2 fully saturated rings. The number of carbonyl (C=O) groups is 2. The molecule has 6 nitrogen and oxygen atoms in total. The molecule has 1 amide bonds. The molecule has 3 heterocycles. The zero-order valence-corrected chi connectivity index (χ0v) is 13.3. The molecule has 1 aromatic heterocycles. The molecule has 0 bridgehead atoms. The summed E-state index contributed by atoms with van der Waals surface area (Å²) in [5.74, 6) is -1.34. The number of hydrogen-bond donors (Lipinski definition) is 0. The summed E-state index contributed by atoms with van der Waals surface area (Å²) in [6.45, 7) is 1.61. The van der Waals surface area contributed by atoms with Gasteiger partial charge in [0, 0.05) is 18.3 Å². The fourth-order valence-corrected chi connectivity index (χ4v) is 3.21. The van der Waals surface area contributed by atoms with Crippen LogP contribution in [0.25, 0.3) is 0 Å². The van der Waals surface area contributed by atoms with Gasteiger partial charge < -0.3 is 14.4 Å². The number of pyridine rings is 1. The molecule has 2 aliphatic heterocycles. The molecule has 0 unspecified atom stereocenters. The SMILES string of the molecule is CCOC(=O)[C@@]1(F)CN(C(=O)c2ccnc(Cl)c2)CC12COC2. The second kappa shape index (κ2) is 5.72. The van der Waals surface area contributed by atoms with E-state index in [1.807, 2.05) is 0 Å². The maximum absolute atomic E-state index is 15.4. The summed E-state index contributed by atoms with van der Waals surface area (Å²) in [5.41, 5.74) is -2.99. The number of hydrogen-bond acceptors (Lipinski definition) is 5. The highest BCUT2D eigenvalue weighted by atomic mass is 35.5. The Morgan fingerprint density at radius 2 is 2.22 bits per heavy atom. The summed E-state index contributed by atoms with van der Waals surface area (Å²) in [5, 5.41) is 0.175. The summed E-state index contributed by atoms with van der Waals surface area (Å²) in [4.78, 5) is 29.8. The van der Waals surface area contributed by atoms with E-state index in [2.05, 4.69) is 4.98 Å². The molecule has 2 saturated heterocycles. The molecule has 0 saturated carbocycles. The van der Waals surface area contributed by atoms with Gasteiger partial charge >= 0.3 is 5.97 Å². The average Bonchev–Trinajstić information content (AvgIpc) is 2.82. The van der Waals surface area contributed by atoms with Crippen molar-refractivity contribution in [3.05, 3.63) is 29.0 Å². The van der Waals surface area contributed by atoms with Crippen molar-refractivity contribution in [1.29, 1.82) is 0 Å². The first kappa shape index (κ1) is 16.1. The number of esters is 1. The molecule has 1 aromatic rings. The smallest absolute Gasteiger partial charge is 0.346 e. The molecular formula is C15H16ClFN2O4. The summed E-state index contributed by atoms with van der Waals surface area (Å²) >= 11 is 5.79. The van der Waals surface area contributed by atoms with Crippen molar-refractivity contribution in [1.82, 2.24) is 9.88 Å². The number of amides is 1. The van der Waals surface area contributed by atoms with Crippen LogP contribution in [0, 0.1) is 5.41 Å². The number of alkyl halides is 1. The molecule has 1 spiro atoms. The van der Waals surface area contributed by atoms with E-state index in [9.17, 15) is 9.59 Å². The Bertz CT molecular complexity index is 652. The minimum Gasteiger partial charge on any atom is -0.464 e. The first-order valence-electron chi connectivity index (χ1n) is 7.26. The van der Waals surface area contributed by atoms with Gasteiger partial charge in [0.2, 0.25) is 5.67 Å². The standard InChI is InChI=1S/C15H16ClFN2O4/c1-2-23-13(21)15(17)7-19(6-14(15)8-22-9-14)12(20)10-3-4-18-11(16)5-10/h3-5H,2,6-9H2,1H3/t15-/m0/s1. The minimum absolute atomic E-state index is 0.0787. The van der Waals surface area contributed by atoms with Gasteiger partial charge in [-0.1, -0.05) is 11.6 Å². The van der Waals surface area contributed by atoms with Crippen molar-refractivity contribution in [2.75, 3.05) is 32.9 Å². The Kier molecular flexibility index (Phi) is 4.01. The summed E-state index contributed by atoms with van der Waals surface area (Å²) in [6.07, 6.45) is 1.40. The van der Waals surface area contributed by atoms with Gasteiger partial charge in [-0.15, -0.1) is 0 Å². The van der Waals surface area contributed by atoms with Crippen molar-refractivity contribution >= 4 is 23.5 Å². The molecule has 3 rings (SSSR count). The highest BCUT2D eigenvalue weighted by Gasteiger charge is 2.68. The molecule has 2 aliphatic rings. The van der Waals surface area contributed by atoms with E-state index in [0.717, 1.165) is 0 Å². The molecule has 0 aliphatic carbocycles. The van der Waals surface area contributed by atoms with Crippen LogP contribution in [0.1, 0.15) is 17.3 Å². The number of likely N-dealkylation sites (tertiary alicyclic amines) is 1. The van der Waals surface area contributed by atoms with Crippen molar-refractivity contribution in [3.63, 3.8) is 0 Å². The van der Waals surface area contributed by atoms with E-state index < -0.39 is 23.0 Å². The number of halogens is 2. The first-order valence-corrected chi connectivity index (χ1v) is 7.64. The van der Waals surface area contributed by atoms with E-state index in [1.165, 1.54) is 23.2 Å². The lowest BCUT2D eigenvalue weighted by molar-refractivity contribution is -0.196. The second-order valence-corrected chi connectivity index (χ2v) is 6.21. The van der Waals surface area contributed by atoms with Crippen molar-refractivity contribution in [3.8, 4) is 0 Å². The van der Waals surface area contributed by atoms with Crippen LogP contribution in [0.15, 0.2) is 18.3 Å². The van der Waals surface area contributed by atoms with E-state index in [0.29, 0.717) is 5.56 Å². The van der Waals surface area contributed by atoms with Crippen LogP contribution < -0.4 is 0 Å². The van der Waals surface area contributed by atoms with Crippen LogP contribution in [-0.4, -0.2) is 60.3 Å². The molecule has 0 N–H and O–H groups in total. The van der Waals surface area contributed by atoms with Gasteiger partial charge in [0.1, 0.15) is 5.15 Å². The van der Waals surface area contributed by atoms with Crippen LogP contribution in [-0.2, 0) is 14.3 Å². The lowest BCUT2D eigenvalue weighted by Crippen LogP contribution is -2.61. The minimum atomic E-state index is -2.26. The Hall–Kier alpha value is -1.73. The Balaban J connectivity index is 1.86. The number of aromatic nitrogens is 1. The highest BCUT2D eigenvalue weighted by Crippen LogP contribution is 2.48. The lowest BCUT2D eigenvalue weighted by Gasteiger charge is -2.43. The van der Waals surface area contributed by atoms with E-state index in [4.69, 9.17) is 21.1 Å². The third-order valence-corrected chi connectivity index (χ3v) is 4.57. The normalized spacial score (nSPS) is 25.3. The maximum atomic E-state index is 15.4. The maximum Gasteiger partial charge on any atom is 0.346 e. The van der Waals surface area contributed by atoms with Crippen LogP contribution in [0.2, 0.25) is 5.15 Å². The molecule has 23 heavy (non-hydrogen) atoms. The fourth-order valence-electron chi connectivity index (χ4n) is 3.03. The van der Waals surface area contributed by atoms with Crippen LogP contribution in [0.5, 0.6) is 0 Å². The van der Waals surface area contributed by atoms with Gasteiger partial charge in [-0.05, 0) is 19.1 Å². The van der Waals surface area contributed by atoms with E-state index in [-0.39, 0.29) is 38.1 Å². The van der Waals surface area contributed by atoms with Gasteiger partial charge in [0.15, 0.2) is 0 Å². The Morgan fingerprint density at radius 1 is 1.48 bits per heavy atom. The van der Waals surface area contributed by atoms with Gasteiger partial charge in [-0.3, -0.25) is 4.79 Å². The number of nitrogens with zero attached hydrogens (tertiary/aromatic N) is 2. The largest absolute Gasteiger partial charge is 0.464 e. The monoisotopic (exact) mass is 342 g/mol. The molecule has 124 valence electrons. The summed E-state index contributed by atoms with van der Waals surface area (Å²) in [6, 6.07) is 2.91. The molecule has 0 radical (unpaired) electrons. The molecule has 8 heteroatoms. The van der Waals surface area contributed by atoms with Gasteiger partial charge in [0.05, 0.1) is 31.8 Å². The van der Waals surface area contributed by atoms with Gasteiger partial charge in [-0.2, -0.15) is 0 Å². The third kappa shape index (κ3) is 2.48. The van der Waals surface area contributed by atoms with Crippen molar-refractivity contribution < 1.29 is 23.5 Å². The van der Waals surface area contributed by atoms with Crippen LogP contribution >= 0.6 is 11.6 Å².